The minimum absolute atomic E-state index is 0.0227. The summed E-state index contributed by atoms with van der Waals surface area (Å²) in [6.07, 6.45) is 0.985. The summed E-state index contributed by atoms with van der Waals surface area (Å²) in [6, 6.07) is 18.2. The van der Waals surface area contributed by atoms with Gasteiger partial charge in [-0.2, -0.15) is 0 Å². The lowest BCUT2D eigenvalue weighted by Crippen LogP contribution is -2.34. The molecule has 0 aliphatic rings. The Morgan fingerprint density at radius 2 is 1.68 bits per heavy atom. The number of rotatable bonds is 6. The second kappa shape index (κ2) is 7.76. The highest BCUT2D eigenvalue weighted by Gasteiger charge is 2.15. The maximum Gasteiger partial charge on any atom is 0.251 e. The fourth-order valence-electron chi connectivity index (χ4n) is 2.46. The molecule has 0 saturated heterocycles. The minimum atomic E-state index is -0.0227. The maximum atomic E-state index is 12.3. The third kappa shape index (κ3) is 4.18. The van der Waals surface area contributed by atoms with Crippen LogP contribution in [0.5, 0.6) is 0 Å². The zero-order chi connectivity index (χ0) is 15.9. The van der Waals surface area contributed by atoms with Gasteiger partial charge in [-0.05, 0) is 43.8 Å². The summed E-state index contributed by atoms with van der Waals surface area (Å²) in [6.45, 7) is 2.70. The SMILES string of the molecule is CCc1ccc(C(=O)NCC(c2ccccc2)N(C)C)cc1. The van der Waals surface area contributed by atoms with E-state index in [1.807, 2.05) is 56.6 Å². The molecule has 2 rings (SSSR count). The smallest absolute Gasteiger partial charge is 0.251 e. The van der Waals surface area contributed by atoms with Gasteiger partial charge in [0.2, 0.25) is 0 Å². The Morgan fingerprint density at radius 1 is 1.05 bits per heavy atom. The Balaban J connectivity index is 2.01. The summed E-state index contributed by atoms with van der Waals surface area (Å²) < 4.78 is 0. The first-order valence-electron chi connectivity index (χ1n) is 7.70. The topological polar surface area (TPSA) is 32.3 Å². The van der Waals surface area contributed by atoms with Crippen LogP contribution in [0.25, 0.3) is 0 Å². The molecule has 0 spiro atoms. The number of nitrogens with zero attached hydrogens (tertiary/aromatic N) is 1. The first kappa shape index (κ1) is 16.2. The number of hydrogen-bond acceptors (Lipinski definition) is 2. The van der Waals surface area contributed by atoms with E-state index in [2.05, 4.69) is 29.3 Å². The highest BCUT2D eigenvalue weighted by atomic mass is 16.1. The van der Waals surface area contributed by atoms with Gasteiger partial charge < -0.3 is 10.2 Å². The van der Waals surface area contributed by atoms with Crippen molar-refractivity contribution in [2.75, 3.05) is 20.6 Å². The van der Waals surface area contributed by atoms with Gasteiger partial charge in [-0.15, -0.1) is 0 Å². The van der Waals surface area contributed by atoms with Crippen LogP contribution in [0.15, 0.2) is 54.6 Å². The van der Waals surface area contributed by atoms with E-state index in [1.165, 1.54) is 11.1 Å². The molecule has 0 aliphatic heterocycles. The lowest BCUT2D eigenvalue weighted by molar-refractivity contribution is 0.0942. The van der Waals surface area contributed by atoms with E-state index in [0.717, 1.165) is 6.42 Å². The molecular formula is C19H24N2O. The average Bonchev–Trinajstić information content (AvgIpc) is 2.55. The van der Waals surface area contributed by atoms with Crippen molar-refractivity contribution >= 4 is 5.91 Å². The van der Waals surface area contributed by atoms with Gasteiger partial charge in [0.25, 0.3) is 5.91 Å². The van der Waals surface area contributed by atoms with Crippen LogP contribution in [-0.2, 0) is 6.42 Å². The third-order valence-corrected chi connectivity index (χ3v) is 3.89. The van der Waals surface area contributed by atoms with Gasteiger partial charge in [0.05, 0.1) is 6.04 Å². The van der Waals surface area contributed by atoms with Gasteiger partial charge in [-0.25, -0.2) is 0 Å². The minimum Gasteiger partial charge on any atom is -0.350 e. The van der Waals surface area contributed by atoms with Crippen LogP contribution in [0.2, 0.25) is 0 Å². The standard InChI is InChI=1S/C19H24N2O/c1-4-15-10-12-17(13-11-15)19(22)20-14-18(21(2)3)16-8-6-5-7-9-16/h5-13,18H,4,14H2,1-3H3,(H,20,22). The molecule has 3 nitrogen and oxygen atoms in total. The zero-order valence-corrected chi connectivity index (χ0v) is 13.5. The van der Waals surface area contributed by atoms with Crippen molar-refractivity contribution in [3.8, 4) is 0 Å². The van der Waals surface area contributed by atoms with E-state index in [9.17, 15) is 4.79 Å². The Morgan fingerprint density at radius 3 is 2.23 bits per heavy atom. The van der Waals surface area contributed by atoms with Crippen molar-refractivity contribution in [2.24, 2.45) is 0 Å². The van der Waals surface area contributed by atoms with Gasteiger partial charge >= 0.3 is 0 Å². The second-order valence-electron chi connectivity index (χ2n) is 5.65. The van der Waals surface area contributed by atoms with Crippen LogP contribution in [0.1, 0.15) is 34.5 Å². The first-order chi connectivity index (χ1) is 10.6. The second-order valence-corrected chi connectivity index (χ2v) is 5.65. The van der Waals surface area contributed by atoms with E-state index in [-0.39, 0.29) is 11.9 Å². The summed E-state index contributed by atoms with van der Waals surface area (Å²) in [4.78, 5) is 14.4. The molecule has 0 aliphatic carbocycles. The number of likely N-dealkylation sites (N-methyl/N-ethyl adjacent to an activating group) is 1. The highest BCUT2D eigenvalue weighted by Crippen LogP contribution is 2.17. The van der Waals surface area contributed by atoms with Gasteiger partial charge in [-0.1, -0.05) is 49.4 Å². The van der Waals surface area contributed by atoms with Crippen LogP contribution < -0.4 is 5.32 Å². The summed E-state index contributed by atoms with van der Waals surface area (Å²) in [5.41, 5.74) is 3.16. The van der Waals surface area contributed by atoms with Gasteiger partial charge in [-0.3, -0.25) is 4.79 Å². The summed E-state index contributed by atoms with van der Waals surface area (Å²) >= 11 is 0. The van der Waals surface area contributed by atoms with E-state index in [1.54, 1.807) is 0 Å². The molecule has 0 heterocycles. The predicted octanol–water partition coefficient (Wildman–Crippen LogP) is 3.28. The number of amides is 1. The fourth-order valence-corrected chi connectivity index (χ4v) is 2.46. The normalized spacial score (nSPS) is 12.2. The van der Waals surface area contributed by atoms with Crippen LogP contribution in [-0.4, -0.2) is 31.4 Å². The van der Waals surface area contributed by atoms with E-state index in [4.69, 9.17) is 0 Å². The van der Waals surface area contributed by atoms with Crippen LogP contribution >= 0.6 is 0 Å². The number of benzene rings is 2. The number of hydrogen-bond donors (Lipinski definition) is 1. The van der Waals surface area contributed by atoms with Crippen molar-refractivity contribution in [3.05, 3.63) is 71.3 Å². The van der Waals surface area contributed by atoms with Gasteiger partial charge in [0.1, 0.15) is 0 Å². The molecule has 22 heavy (non-hydrogen) atoms. The molecule has 0 radical (unpaired) electrons. The molecule has 1 amide bonds. The largest absolute Gasteiger partial charge is 0.350 e. The van der Waals surface area contributed by atoms with E-state index in [0.29, 0.717) is 12.1 Å². The molecule has 0 fully saturated rings. The molecule has 116 valence electrons. The molecule has 3 heteroatoms. The monoisotopic (exact) mass is 296 g/mol. The number of carbonyl (C=O) groups is 1. The maximum absolute atomic E-state index is 12.3. The van der Waals surface area contributed by atoms with Crippen LogP contribution in [0.3, 0.4) is 0 Å². The number of carbonyl (C=O) groups excluding carboxylic acids is 1. The Hall–Kier alpha value is -2.13. The predicted molar refractivity (Wildman–Crippen MR) is 91.0 cm³/mol. The molecule has 1 atom stereocenters. The van der Waals surface area contributed by atoms with Crippen molar-refractivity contribution in [2.45, 2.75) is 19.4 Å². The van der Waals surface area contributed by atoms with E-state index < -0.39 is 0 Å². The first-order valence-corrected chi connectivity index (χ1v) is 7.70. The summed E-state index contributed by atoms with van der Waals surface area (Å²) in [5, 5.41) is 3.04. The van der Waals surface area contributed by atoms with Crippen LogP contribution in [0.4, 0.5) is 0 Å². The van der Waals surface area contributed by atoms with Crippen LogP contribution in [0, 0.1) is 0 Å². The molecule has 0 saturated carbocycles. The van der Waals surface area contributed by atoms with Crippen molar-refractivity contribution in [1.82, 2.24) is 10.2 Å². The number of aryl methyl sites for hydroxylation is 1. The lowest BCUT2D eigenvalue weighted by atomic mass is 10.1. The molecule has 0 bridgehead atoms. The van der Waals surface area contributed by atoms with Gasteiger partial charge in [0.15, 0.2) is 0 Å². The average molecular weight is 296 g/mol. The van der Waals surface area contributed by atoms with E-state index >= 15 is 0 Å². The summed E-state index contributed by atoms with van der Waals surface area (Å²) in [7, 11) is 4.06. The van der Waals surface area contributed by atoms with Crippen molar-refractivity contribution < 1.29 is 4.79 Å². The Labute approximate surface area is 133 Å². The van der Waals surface area contributed by atoms with Crippen molar-refractivity contribution in [1.29, 1.82) is 0 Å². The summed E-state index contributed by atoms with van der Waals surface area (Å²) in [5.74, 6) is -0.0227. The molecule has 0 aromatic heterocycles. The molecular weight excluding hydrogens is 272 g/mol. The molecule has 2 aromatic rings. The van der Waals surface area contributed by atoms with Crippen molar-refractivity contribution in [3.63, 3.8) is 0 Å². The Kier molecular flexibility index (Phi) is 5.73. The third-order valence-electron chi connectivity index (χ3n) is 3.89. The van der Waals surface area contributed by atoms with Gasteiger partial charge in [0, 0.05) is 12.1 Å². The lowest BCUT2D eigenvalue weighted by Gasteiger charge is -2.25. The fraction of sp³-hybridized carbons (Fsp3) is 0.316. The highest BCUT2D eigenvalue weighted by molar-refractivity contribution is 5.94. The molecule has 1 unspecified atom stereocenters. The Bertz CT molecular complexity index is 591. The zero-order valence-electron chi connectivity index (χ0n) is 13.5. The molecule has 2 aromatic carbocycles. The molecule has 1 N–H and O–H groups in total. The number of nitrogens with one attached hydrogen (secondary N) is 1. The quantitative estimate of drug-likeness (QED) is 0.887.